The summed E-state index contributed by atoms with van der Waals surface area (Å²) in [4.78, 5) is 43.6. The molecule has 0 saturated heterocycles. The zero-order valence-corrected chi connectivity index (χ0v) is 15.8. The first-order chi connectivity index (χ1) is 11.7. The summed E-state index contributed by atoms with van der Waals surface area (Å²) in [7, 11) is 3.49. The predicted octanol–water partition coefficient (Wildman–Crippen LogP) is 0.251. The molecule has 1 fully saturated rings. The topological polar surface area (TPSA) is 159 Å². The van der Waals surface area contributed by atoms with Crippen LogP contribution in [0.4, 0.5) is 4.79 Å². The minimum absolute atomic E-state index is 0.0789. The molecule has 26 heavy (non-hydrogen) atoms. The van der Waals surface area contributed by atoms with Gasteiger partial charge in [-0.2, -0.15) is 0 Å². The van der Waals surface area contributed by atoms with Gasteiger partial charge in [0.25, 0.3) is 0 Å². The van der Waals surface area contributed by atoms with Gasteiger partial charge in [-0.05, 0) is 40.0 Å². The average Bonchev–Trinajstić information content (AvgIpc) is 2.47. The third-order valence-corrected chi connectivity index (χ3v) is 3.58. The van der Waals surface area contributed by atoms with E-state index in [0.717, 1.165) is 12.8 Å². The molecular formula is C16H29N3O7. The number of aliphatic carboxylic acids is 2. The molecule has 1 rings (SSSR count). The summed E-state index contributed by atoms with van der Waals surface area (Å²) in [5.41, 5.74) is 5.49. The molecule has 1 aliphatic carbocycles. The van der Waals surface area contributed by atoms with Crippen LogP contribution in [0.15, 0.2) is 0 Å². The number of nitrogens with zero attached hydrogens (tertiary/aromatic N) is 1. The first-order valence-corrected chi connectivity index (χ1v) is 8.17. The molecule has 5 N–H and O–H groups in total. The fourth-order valence-electron chi connectivity index (χ4n) is 2.41. The molecule has 1 saturated carbocycles. The summed E-state index contributed by atoms with van der Waals surface area (Å²) in [6.45, 7) is 5.43. The van der Waals surface area contributed by atoms with Crippen LogP contribution in [0.1, 0.15) is 40.0 Å². The number of alkyl carbamates (subject to hydrolysis) is 1. The van der Waals surface area contributed by atoms with Crippen molar-refractivity contribution in [3.63, 3.8) is 0 Å². The summed E-state index contributed by atoms with van der Waals surface area (Å²) in [5, 5.41) is 17.6. The van der Waals surface area contributed by atoms with Crippen molar-refractivity contribution in [1.82, 2.24) is 10.2 Å². The Bertz CT molecular complexity index is 516. The molecule has 1 aliphatic rings. The van der Waals surface area contributed by atoms with Crippen LogP contribution >= 0.6 is 0 Å². The number of nitrogens with one attached hydrogen (secondary N) is 1. The second kappa shape index (κ2) is 9.95. The second-order valence-corrected chi connectivity index (χ2v) is 7.27. The number of carbonyl (C=O) groups is 4. The van der Waals surface area contributed by atoms with Crippen LogP contribution in [0.25, 0.3) is 0 Å². The monoisotopic (exact) mass is 375 g/mol. The van der Waals surface area contributed by atoms with Gasteiger partial charge in [-0.15, -0.1) is 0 Å². The van der Waals surface area contributed by atoms with Crippen LogP contribution in [-0.4, -0.2) is 70.8 Å². The molecular weight excluding hydrogens is 346 g/mol. The van der Waals surface area contributed by atoms with Crippen molar-refractivity contribution >= 4 is 23.9 Å². The first kappa shape index (κ1) is 23.6. The highest BCUT2D eigenvalue weighted by Crippen LogP contribution is 2.25. The Kier molecular flexibility index (Phi) is 9.05. The highest BCUT2D eigenvalue weighted by Gasteiger charge is 2.34. The third-order valence-electron chi connectivity index (χ3n) is 3.58. The van der Waals surface area contributed by atoms with Crippen LogP contribution in [0.3, 0.4) is 0 Å². The smallest absolute Gasteiger partial charge is 0.414 e. The molecule has 150 valence electrons. The number of ether oxygens (including phenoxy) is 1. The molecule has 0 heterocycles. The van der Waals surface area contributed by atoms with Crippen molar-refractivity contribution in [1.29, 1.82) is 0 Å². The highest BCUT2D eigenvalue weighted by atomic mass is 16.6. The Morgan fingerprint density at radius 1 is 1.08 bits per heavy atom. The normalized spacial score (nSPS) is 22.3. The zero-order valence-electron chi connectivity index (χ0n) is 15.8. The summed E-state index contributed by atoms with van der Waals surface area (Å²) in [6, 6.07) is -0.346. The lowest BCUT2D eigenvalue weighted by Gasteiger charge is -2.35. The molecule has 10 heteroatoms. The average molecular weight is 375 g/mol. The van der Waals surface area contributed by atoms with Crippen molar-refractivity contribution in [3.8, 4) is 0 Å². The minimum atomic E-state index is -1.82. The summed E-state index contributed by atoms with van der Waals surface area (Å²) in [6.07, 6.45) is 1.59. The van der Waals surface area contributed by atoms with Crippen LogP contribution < -0.4 is 11.1 Å². The van der Waals surface area contributed by atoms with Crippen molar-refractivity contribution in [2.75, 3.05) is 14.1 Å². The van der Waals surface area contributed by atoms with Crippen LogP contribution in [0.5, 0.6) is 0 Å². The van der Waals surface area contributed by atoms with Gasteiger partial charge in [0.05, 0.1) is 0 Å². The number of rotatable bonds is 2. The number of carboxylic acids is 2. The molecule has 10 nitrogen and oxygen atoms in total. The summed E-state index contributed by atoms with van der Waals surface area (Å²) >= 11 is 0. The number of nitrogens with two attached hydrogens (primary N) is 1. The minimum Gasteiger partial charge on any atom is -0.473 e. The molecule has 0 aliphatic heterocycles. The maximum atomic E-state index is 12.0. The fourth-order valence-corrected chi connectivity index (χ4v) is 2.41. The van der Waals surface area contributed by atoms with Gasteiger partial charge in [0.2, 0.25) is 5.91 Å². The van der Waals surface area contributed by atoms with E-state index < -0.39 is 23.6 Å². The molecule has 0 spiro atoms. The summed E-state index contributed by atoms with van der Waals surface area (Å²) < 4.78 is 5.23. The van der Waals surface area contributed by atoms with Gasteiger partial charge in [0.1, 0.15) is 5.60 Å². The molecule has 0 radical (unpaired) electrons. The lowest BCUT2D eigenvalue weighted by molar-refractivity contribution is -0.159. The highest BCUT2D eigenvalue weighted by molar-refractivity contribution is 6.27. The maximum Gasteiger partial charge on any atom is 0.414 e. The molecule has 3 atom stereocenters. The van der Waals surface area contributed by atoms with E-state index >= 15 is 0 Å². The summed E-state index contributed by atoms with van der Waals surface area (Å²) in [5.74, 6) is -3.64. The Hall–Kier alpha value is -2.36. The van der Waals surface area contributed by atoms with Gasteiger partial charge < -0.3 is 30.9 Å². The second-order valence-electron chi connectivity index (χ2n) is 7.27. The van der Waals surface area contributed by atoms with E-state index in [1.165, 1.54) is 0 Å². The van der Waals surface area contributed by atoms with Crippen molar-refractivity contribution in [3.05, 3.63) is 0 Å². The number of hydrogen-bond donors (Lipinski definition) is 4. The largest absolute Gasteiger partial charge is 0.473 e. The number of hydrogen-bond acceptors (Lipinski definition) is 6. The Balaban J connectivity index is 0.000000896. The van der Waals surface area contributed by atoms with Crippen LogP contribution in [0.2, 0.25) is 0 Å². The number of carboxylic acid groups (broad SMARTS) is 2. The molecule has 0 aromatic rings. The van der Waals surface area contributed by atoms with E-state index in [9.17, 15) is 9.59 Å². The van der Waals surface area contributed by atoms with Gasteiger partial charge in [-0.1, -0.05) is 0 Å². The molecule has 2 amide bonds. The van der Waals surface area contributed by atoms with Crippen molar-refractivity contribution in [2.24, 2.45) is 11.7 Å². The Labute approximate surface area is 152 Å². The van der Waals surface area contributed by atoms with Gasteiger partial charge >= 0.3 is 18.0 Å². The van der Waals surface area contributed by atoms with E-state index in [2.05, 4.69) is 5.32 Å². The van der Waals surface area contributed by atoms with Gasteiger partial charge in [0.15, 0.2) is 0 Å². The van der Waals surface area contributed by atoms with Gasteiger partial charge in [-0.3, -0.25) is 4.79 Å². The predicted molar refractivity (Wildman–Crippen MR) is 92.4 cm³/mol. The fraction of sp³-hybridized carbons (Fsp3) is 0.750. The Morgan fingerprint density at radius 2 is 1.58 bits per heavy atom. The molecule has 0 bridgehead atoms. The van der Waals surface area contributed by atoms with Crippen LogP contribution in [0, 0.1) is 5.92 Å². The van der Waals surface area contributed by atoms with E-state index in [4.69, 9.17) is 30.3 Å². The lowest BCUT2D eigenvalue weighted by Crippen LogP contribution is -2.53. The van der Waals surface area contributed by atoms with Gasteiger partial charge in [0, 0.05) is 32.1 Å². The van der Waals surface area contributed by atoms with Crippen molar-refractivity contribution in [2.45, 2.75) is 57.7 Å². The number of amides is 2. The third kappa shape index (κ3) is 9.21. The van der Waals surface area contributed by atoms with E-state index in [0.29, 0.717) is 6.42 Å². The standard InChI is InChI=1S/C14H27N3O3.C2H2O4/c1-14(2,3)20-13(19)16-11-8-9(6-7-10(11)15)12(18)17(4)5;3-1(4)2(5)6/h9-11H,6-8,15H2,1-5H3,(H,16,19);(H,3,4)(H,5,6). The SMILES string of the molecule is CN(C)C(=O)C1CCC(N)C(NC(=O)OC(C)(C)C)C1.O=C(O)C(=O)O. The van der Waals surface area contributed by atoms with E-state index in [1.807, 2.05) is 20.8 Å². The first-order valence-electron chi connectivity index (χ1n) is 8.17. The van der Waals surface area contributed by atoms with Gasteiger partial charge in [-0.25, -0.2) is 14.4 Å². The van der Waals surface area contributed by atoms with E-state index in [-0.39, 0.29) is 23.9 Å². The van der Waals surface area contributed by atoms with E-state index in [1.54, 1.807) is 19.0 Å². The quantitative estimate of drug-likeness (QED) is 0.500. The molecule has 3 unspecified atom stereocenters. The number of carbonyl (C=O) groups excluding carboxylic acids is 2. The molecule has 0 aromatic carbocycles. The van der Waals surface area contributed by atoms with Crippen molar-refractivity contribution < 1.29 is 34.1 Å². The zero-order chi connectivity index (χ0) is 20.7. The molecule has 0 aromatic heterocycles. The lowest BCUT2D eigenvalue weighted by atomic mass is 9.82. The maximum absolute atomic E-state index is 12.0. The van der Waals surface area contributed by atoms with Crippen LogP contribution in [-0.2, 0) is 19.1 Å². The Morgan fingerprint density at radius 3 is 1.96 bits per heavy atom.